The smallest absolute Gasteiger partial charge is 0.188 e. The lowest BCUT2D eigenvalue weighted by Crippen LogP contribution is -2.40. The number of ether oxygens (including phenoxy) is 1. The normalized spacial score (nSPS) is 16.2. The number of nitrogens with zero attached hydrogens (tertiary/aromatic N) is 3. The largest absolute Gasteiger partial charge is 0.493 e. The van der Waals surface area contributed by atoms with Crippen LogP contribution in [0.5, 0.6) is 5.75 Å². The number of aryl methyl sites for hydroxylation is 1. The fourth-order valence-electron chi connectivity index (χ4n) is 4.20. The van der Waals surface area contributed by atoms with Gasteiger partial charge in [-0.1, -0.05) is 6.07 Å². The van der Waals surface area contributed by atoms with Crippen LogP contribution in [0.2, 0.25) is 0 Å². The van der Waals surface area contributed by atoms with Crippen molar-refractivity contribution in [1.82, 2.24) is 9.88 Å². The Morgan fingerprint density at radius 3 is 2.63 bits per heavy atom. The van der Waals surface area contributed by atoms with Crippen LogP contribution in [0.3, 0.4) is 0 Å². The van der Waals surface area contributed by atoms with Crippen molar-refractivity contribution in [2.45, 2.75) is 32.7 Å². The van der Waals surface area contributed by atoms with Crippen molar-refractivity contribution >= 4 is 36.5 Å². The topological polar surface area (TPSA) is 78.5 Å². The molecular weight excluding hydrogens is 421 g/mol. The molecule has 4 rings (SSSR count). The fourth-order valence-corrected chi connectivity index (χ4v) is 4.20. The van der Waals surface area contributed by atoms with Crippen LogP contribution in [0.15, 0.2) is 36.7 Å². The Bertz CT molecular complexity index is 855. The van der Waals surface area contributed by atoms with E-state index in [2.05, 4.69) is 41.1 Å². The first-order chi connectivity index (χ1) is 13.6. The van der Waals surface area contributed by atoms with Gasteiger partial charge in [0.05, 0.1) is 6.61 Å². The Morgan fingerprint density at radius 2 is 1.93 bits per heavy atom. The number of nitrogens with one attached hydrogen (secondary N) is 1. The number of pyridine rings is 1. The number of rotatable bonds is 4. The van der Waals surface area contributed by atoms with Gasteiger partial charge in [-0.05, 0) is 67.0 Å². The van der Waals surface area contributed by atoms with Crippen LogP contribution in [0.25, 0.3) is 0 Å². The van der Waals surface area contributed by atoms with Crippen LogP contribution in [0.4, 0.5) is 5.69 Å². The predicted octanol–water partition coefficient (Wildman–Crippen LogP) is 3.78. The molecule has 1 aromatic heterocycles. The molecule has 8 heteroatoms. The average molecular weight is 452 g/mol. The van der Waals surface area contributed by atoms with E-state index in [1.165, 1.54) is 22.4 Å². The first-order valence-electron chi connectivity index (χ1n) is 10.1. The summed E-state index contributed by atoms with van der Waals surface area (Å²) in [5, 5.41) is 7.66. The summed E-state index contributed by atoms with van der Waals surface area (Å²) < 4.78 is 6.14. The third kappa shape index (κ3) is 5.49. The van der Waals surface area contributed by atoms with Crippen molar-refractivity contribution in [2.24, 2.45) is 11.7 Å². The number of anilines is 1. The predicted molar refractivity (Wildman–Crippen MR) is 126 cm³/mol. The molecule has 3 heterocycles. The van der Waals surface area contributed by atoms with E-state index >= 15 is 0 Å². The number of guanidine groups is 1. The second-order valence-electron chi connectivity index (χ2n) is 7.89. The molecule has 1 saturated heterocycles. The summed E-state index contributed by atoms with van der Waals surface area (Å²) in [5.74, 6) is 1.66. The summed E-state index contributed by atoms with van der Waals surface area (Å²) in [7, 11) is 0. The van der Waals surface area contributed by atoms with Gasteiger partial charge in [-0.3, -0.25) is 10.4 Å². The molecule has 164 valence electrons. The molecule has 3 N–H and O–H groups in total. The van der Waals surface area contributed by atoms with Gasteiger partial charge in [0.15, 0.2) is 5.96 Å². The zero-order valence-corrected chi connectivity index (χ0v) is 19.0. The second kappa shape index (κ2) is 10.7. The highest BCUT2D eigenvalue weighted by atomic mass is 35.5. The number of nitrogens with two attached hydrogens (primary N) is 1. The number of hydrogen-bond acceptors (Lipinski definition) is 4. The van der Waals surface area contributed by atoms with Crippen molar-refractivity contribution in [1.29, 1.82) is 5.41 Å². The van der Waals surface area contributed by atoms with Crippen LogP contribution in [-0.4, -0.2) is 42.1 Å². The minimum absolute atomic E-state index is 0. The molecule has 0 bridgehead atoms. The number of aromatic nitrogens is 1. The monoisotopic (exact) mass is 451 g/mol. The molecule has 30 heavy (non-hydrogen) atoms. The maximum Gasteiger partial charge on any atom is 0.188 e. The fraction of sp³-hybridized carbons (Fsp3) is 0.455. The van der Waals surface area contributed by atoms with E-state index in [9.17, 15) is 0 Å². The van der Waals surface area contributed by atoms with E-state index in [0.29, 0.717) is 12.5 Å². The van der Waals surface area contributed by atoms with Gasteiger partial charge >= 0.3 is 0 Å². The van der Waals surface area contributed by atoms with Crippen molar-refractivity contribution in [3.05, 3.63) is 53.3 Å². The summed E-state index contributed by atoms with van der Waals surface area (Å²) in [6.07, 6.45) is 7.03. The molecule has 0 amide bonds. The second-order valence-corrected chi connectivity index (χ2v) is 7.89. The first kappa shape index (κ1) is 24.1. The van der Waals surface area contributed by atoms with E-state index in [4.69, 9.17) is 15.9 Å². The Morgan fingerprint density at radius 1 is 1.17 bits per heavy atom. The van der Waals surface area contributed by atoms with Crippen molar-refractivity contribution in [3.63, 3.8) is 0 Å². The molecule has 2 aliphatic heterocycles. The first-order valence-corrected chi connectivity index (χ1v) is 10.1. The van der Waals surface area contributed by atoms with Gasteiger partial charge in [0.2, 0.25) is 0 Å². The lowest BCUT2D eigenvalue weighted by atomic mass is 9.97. The zero-order valence-electron chi connectivity index (χ0n) is 17.3. The van der Waals surface area contributed by atoms with E-state index < -0.39 is 0 Å². The van der Waals surface area contributed by atoms with Crippen LogP contribution in [0.1, 0.15) is 29.5 Å². The summed E-state index contributed by atoms with van der Waals surface area (Å²) in [5.41, 5.74) is 10.8. The zero-order chi connectivity index (χ0) is 19.5. The van der Waals surface area contributed by atoms with Crippen molar-refractivity contribution in [3.8, 4) is 5.75 Å². The minimum atomic E-state index is 0. The Labute approximate surface area is 191 Å². The highest BCUT2D eigenvalue weighted by Crippen LogP contribution is 2.27. The molecule has 1 aromatic carbocycles. The highest BCUT2D eigenvalue weighted by Gasteiger charge is 2.22. The third-order valence-electron chi connectivity index (χ3n) is 5.96. The Kier molecular flexibility index (Phi) is 8.62. The van der Waals surface area contributed by atoms with Crippen LogP contribution in [0, 0.1) is 18.3 Å². The van der Waals surface area contributed by atoms with E-state index in [0.717, 1.165) is 51.3 Å². The number of benzene rings is 1. The molecule has 0 unspecified atom stereocenters. The maximum absolute atomic E-state index is 7.66. The number of hydrogen-bond donors (Lipinski definition) is 2. The lowest BCUT2D eigenvalue weighted by molar-refractivity contribution is 0.222. The van der Waals surface area contributed by atoms with Crippen LogP contribution in [-0.2, 0) is 13.0 Å². The number of halogens is 2. The van der Waals surface area contributed by atoms with Crippen LogP contribution >= 0.6 is 24.8 Å². The molecule has 0 aliphatic carbocycles. The average Bonchev–Trinajstić information content (AvgIpc) is 2.72. The molecular formula is C22H31Cl2N5O. The third-order valence-corrected chi connectivity index (χ3v) is 5.96. The molecule has 2 aliphatic rings. The van der Waals surface area contributed by atoms with Gasteiger partial charge in [0.25, 0.3) is 0 Å². The highest BCUT2D eigenvalue weighted by molar-refractivity contribution is 5.85. The van der Waals surface area contributed by atoms with Gasteiger partial charge in [-0.2, -0.15) is 0 Å². The van der Waals surface area contributed by atoms with E-state index in [1.54, 1.807) is 0 Å². The Balaban J connectivity index is 0.00000160. The van der Waals surface area contributed by atoms with Gasteiger partial charge < -0.3 is 20.3 Å². The minimum Gasteiger partial charge on any atom is -0.493 e. The van der Waals surface area contributed by atoms with Crippen molar-refractivity contribution in [2.75, 3.05) is 31.1 Å². The quantitative estimate of drug-likeness (QED) is 0.545. The molecule has 1 fully saturated rings. The van der Waals surface area contributed by atoms with Crippen LogP contribution < -0.4 is 15.4 Å². The van der Waals surface area contributed by atoms with E-state index in [-0.39, 0.29) is 30.8 Å². The molecule has 2 aromatic rings. The number of fused-ring (bicyclic) bond motifs is 1. The van der Waals surface area contributed by atoms with Gasteiger partial charge in [0, 0.05) is 44.3 Å². The maximum atomic E-state index is 7.66. The standard InChI is InChI=1S/C22H29N5O.2ClH/c1-16-13-25-8-4-21(16)26-9-5-17(6-10-26)15-28-20-3-2-18-7-11-27(22(23)24)14-19(18)12-20;;/h2-4,8,12-13,17H,5-7,9-11,14-15H2,1H3,(H3,23,24);2*1H. The summed E-state index contributed by atoms with van der Waals surface area (Å²) >= 11 is 0. The SMILES string of the molecule is Cc1cnccc1N1CCC(COc2ccc3c(c2)CN(C(=N)N)CC3)CC1.Cl.Cl. The lowest BCUT2D eigenvalue weighted by Gasteiger charge is -2.34. The molecule has 0 spiro atoms. The van der Waals surface area contributed by atoms with Crippen molar-refractivity contribution < 1.29 is 4.74 Å². The summed E-state index contributed by atoms with van der Waals surface area (Å²) in [6, 6.07) is 8.48. The number of piperidine rings is 1. The summed E-state index contributed by atoms with van der Waals surface area (Å²) in [6.45, 7) is 6.54. The molecule has 0 atom stereocenters. The molecule has 0 saturated carbocycles. The summed E-state index contributed by atoms with van der Waals surface area (Å²) in [4.78, 5) is 8.56. The molecule has 0 radical (unpaired) electrons. The Hall–Kier alpha value is -2.18. The molecule has 6 nitrogen and oxygen atoms in total. The van der Waals surface area contributed by atoms with E-state index in [1.807, 2.05) is 17.3 Å². The van der Waals surface area contributed by atoms with Gasteiger partial charge in [-0.25, -0.2) is 0 Å². The van der Waals surface area contributed by atoms with Gasteiger partial charge in [0.1, 0.15) is 5.75 Å². The van der Waals surface area contributed by atoms with Gasteiger partial charge in [-0.15, -0.1) is 24.8 Å².